The quantitative estimate of drug-likeness (QED) is 0.551. The molecule has 13 heavy (non-hydrogen) atoms. The van der Waals surface area contributed by atoms with E-state index in [0.29, 0.717) is 19.3 Å². The summed E-state index contributed by atoms with van der Waals surface area (Å²) in [5.41, 5.74) is 4.87. The number of nitrogens with two attached hydrogens (primary N) is 1. The van der Waals surface area contributed by atoms with E-state index in [-0.39, 0.29) is 18.6 Å². The van der Waals surface area contributed by atoms with E-state index in [1.165, 1.54) is 0 Å². The van der Waals surface area contributed by atoms with E-state index >= 15 is 0 Å². The molecule has 5 heteroatoms. The van der Waals surface area contributed by atoms with Crippen LogP contribution in [0.5, 0.6) is 0 Å². The highest BCUT2D eigenvalue weighted by Crippen LogP contribution is 2.26. The van der Waals surface area contributed by atoms with Gasteiger partial charge < -0.3 is 20.7 Å². The number of hydrogen-bond acceptors (Lipinski definition) is 4. The number of rotatable bonds is 2. The van der Waals surface area contributed by atoms with Crippen molar-refractivity contribution in [1.29, 1.82) is 0 Å². The molecule has 0 spiro atoms. The van der Waals surface area contributed by atoms with Crippen molar-refractivity contribution in [3.8, 4) is 0 Å². The molecule has 1 amide bonds. The molecule has 3 atom stereocenters. The molecule has 0 aromatic heterocycles. The number of amides is 1. The molecule has 0 aliphatic heterocycles. The maximum atomic E-state index is 10.5. The Balaban J connectivity index is 2.47. The topological polar surface area (TPSA) is 92.8 Å². The van der Waals surface area contributed by atoms with Crippen LogP contribution in [0.2, 0.25) is 0 Å². The van der Waals surface area contributed by atoms with Crippen LogP contribution >= 0.6 is 0 Å². The molecule has 0 bridgehead atoms. The molecular formula is C8H15NO4. The molecule has 0 saturated heterocycles. The Morgan fingerprint density at radius 1 is 1.54 bits per heavy atom. The van der Waals surface area contributed by atoms with Gasteiger partial charge in [-0.15, -0.1) is 0 Å². The van der Waals surface area contributed by atoms with Crippen molar-refractivity contribution in [1.82, 2.24) is 0 Å². The van der Waals surface area contributed by atoms with E-state index in [9.17, 15) is 9.90 Å². The van der Waals surface area contributed by atoms with Gasteiger partial charge in [0.15, 0.2) is 0 Å². The van der Waals surface area contributed by atoms with Gasteiger partial charge in [0.1, 0.15) is 6.10 Å². The monoisotopic (exact) mass is 189 g/mol. The third-order valence-corrected chi connectivity index (χ3v) is 2.39. The Morgan fingerprint density at radius 2 is 2.23 bits per heavy atom. The molecule has 0 heterocycles. The van der Waals surface area contributed by atoms with Gasteiger partial charge in [-0.1, -0.05) is 0 Å². The summed E-state index contributed by atoms with van der Waals surface area (Å²) in [5, 5.41) is 18.2. The molecule has 0 radical (unpaired) electrons. The van der Waals surface area contributed by atoms with Crippen LogP contribution in [-0.4, -0.2) is 35.1 Å². The molecule has 76 valence electrons. The Hall–Kier alpha value is -0.810. The minimum atomic E-state index is -0.820. The van der Waals surface area contributed by atoms with Crippen molar-refractivity contribution in [2.75, 3.05) is 6.61 Å². The van der Waals surface area contributed by atoms with Gasteiger partial charge in [-0.05, 0) is 19.3 Å². The summed E-state index contributed by atoms with van der Waals surface area (Å²) in [4.78, 5) is 10.5. The Labute approximate surface area is 76.5 Å². The molecule has 4 N–H and O–H groups in total. The van der Waals surface area contributed by atoms with E-state index in [1.54, 1.807) is 0 Å². The van der Waals surface area contributed by atoms with E-state index in [0.717, 1.165) is 0 Å². The maximum absolute atomic E-state index is 10.5. The van der Waals surface area contributed by atoms with Crippen molar-refractivity contribution >= 4 is 6.09 Å². The standard InChI is InChI=1S/C8H15NO4/c9-8(12)13-7-2-1-6(11)3-5(7)4-10/h5-7,10-11H,1-4H2,(H2,9,12)/t5-,6-,7+/m1/s1. The first-order chi connectivity index (χ1) is 6.13. The summed E-state index contributed by atoms with van der Waals surface area (Å²) in [7, 11) is 0. The zero-order chi connectivity index (χ0) is 9.84. The predicted molar refractivity (Wildman–Crippen MR) is 44.9 cm³/mol. The fourth-order valence-electron chi connectivity index (χ4n) is 1.71. The fraction of sp³-hybridized carbons (Fsp3) is 0.875. The second kappa shape index (κ2) is 4.43. The third kappa shape index (κ3) is 2.86. The molecule has 5 nitrogen and oxygen atoms in total. The van der Waals surface area contributed by atoms with Gasteiger partial charge in [-0.2, -0.15) is 0 Å². The van der Waals surface area contributed by atoms with E-state index in [4.69, 9.17) is 15.6 Å². The predicted octanol–water partition coefficient (Wildman–Crippen LogP) is -0.396. The van der Waals surface area contributed by atoms with Crippen LogP contribution in [-0.2, 0) is 4.74 Å². The molecule has 1 aliphatic carbocycles. The number of aliphatic hydroxyl groups is 2. The zero-order valence-corrected chi connectivity index (χ0v) is 7.35. The van der Waals surface area contributed by atoms with E-state index in [1.807, 2.05) is 0 Å². The lowest BCUT2D eigenvalue weighted by molar-refractivity contribution is -0.0222. The number of hydrogen-bond donors (Lipinski definition) is 3. The first-order valence-corrected chi connectivity index (χ1v) is 4.38. The van der Waals surface area contributed by atoms with Gasteiger partial charge in [-0.25, -0.2) is 4.79 Å². The summed E-state index contributed by atoms with van der Waals surface area (Å²) < 4.78 is 4.81. The van der Waals surface area contributed by atoms with Crippen LogP contribution in [0, 0.1) is 5.92 Å². The molecule has 0 aromatic carbocycles. The van der Waals surface area contributed by atoms with Gasteiger partial charge in [0.05, 0.1) is 6.10 Å². The highest BCUT2D eigenvalue weighted by atomic mass is 16.6. The highest BCUT2D eigenvalue weighted by Gasteiger charge is 2.31. The lowest BCUT2D eigenvalue weighted by Crippen LogP contribution is -2.38. The van der Waals surface area contributed by atoms with Crippen LogP contribution in [0.4, 0.5) is 4.79 Å². The SMILES string of the molecule is NC(=O)O[C@H]1CC[C@@H](O)C[C@@H]1CO. The smallest absolute Gasteiger partial charge is 0.404 e. The van der Waals surface area contributed by atoms with Crippen LogP contribution in [0.15, 0.2) is 0 Å². The van der Waals surface area contributed by atoms with Crippen LogP contribution in [0.25, 0.3) is 0 Å². The normalized spacial score (nSPS) is 34.2. The van der Waals surface area contributed by atoms with Crippen LogP contribution in [0.3, 0.4) is 0 Å². The van der Waals surface area contributed by atoms with E-state index in [2.05, 4.69) is 0 Å². The molecular weight excluding hydrogens is 174 g/mol. The summed E-state index contributed by atoms with van der Waals surface area (Å²) in [6, 6.07) is 0. The van der Waals surface area contributed by atoms with Gasteiger partial charge in [0.2, 0.25) is 0 Å². The van der Waals surface area contributed by atoms with Crippen LogP contribution in [0.1, 0.15) is 19.3 Å². The minimum Gasteiger partial charge on any atom is -0.446 e. The average Bonchev–Trinajstić information content (AvgIpc) is 2.07. The maximum Gasteiger partial charge on any atom is 0.404 e. The fourth-order valence-corrected chi connectivity index (χ4v) is 1.71. The number of primary amides is 1. The molecule has 1 aliphatic rings. The van der Waals surface area contributed by atoms with Gasteiger partial charge >= 0.3 is 6.09 Å². The lowest BCUT2D eigenvalue weighted by atomic mass is 9.85. The summed E-state index contributed by atoms with van der Waals surface area (Å²) in [6.45, 7) is -0.0883. The third-order valence-electron chi connectivity index (χ3n) is 2.39. The second-order valence-electron chi connectivity index (χ2n) is 3.38. The van der Waals surface area contributed by atoms with Gasteiger partial charge in [0, 0.05) is 12.5 Å². The Kier molecular flexibility index (Phi) is 3.50. The molecule has 1 fully saturated rings. The largest absolute Gasteiger partial charge is 0.446 e. The van der Waals surface area contributed by atoms with Crippen molar-refractivity contribution in [3.05, 3.63) is 0 Å². The number of aliphatic hydroxyl groups excluding tert-OH is 2. The van der Waals surface area contributed by atoms with Gasteiger partial charge in [0.25, 0.3) is 0 Å². The zero-order valence-electron chi connectivity index (χ0n) is 7.35. The Bertz CT molecular complexity index is 185. The first kappa shape index (κ1) is 10.3. The molecule has 1 saturated carbocycles. The molecule has 1 rings (SSSR count). The van der Waals surface area contributed by atoms with Crippen molar-refractivity contribution < 1.29 is 19.7 Å². The minimum absolute atomic E-state index is 0.0883. The van der Waals surface area contributed by atoms with Crippen molar-refractivity contribution in [2.24, 2.45) is 11.7 Å². The number of carbonyl (C=O) groups is 1. The van der Waals surface area contributed by atoms with Crippen molar-refractivity contribution in [2.45, 2.75) is 31.5 Å². The Morgan fingerprint density at radius 3 is 2.77 bits per heavy atom. The number of carbonyl (C=O) groups excluding carboxylic acids is 1. The molecule has 0 unspecified atom stereocenters. The number of ether oxygens (including phenoxy) is 1. The summed E-state index contributed by atoms with van der Waals surface area (Å²) in [6.07, 6.45) is 0.0636. The molecule has 0 aromatic rings. The lowest BCUT2D eigenvalue weighted by Gasteiger charge is -2.31. The van der Waals surface area contributed by atoms with Gasteiger partial charge in [-0.3, -0.25) is 0 Å². The second-order valence-corrected chi connectivity index (χ2v) is 3.38. The van der Waals surface area contributed by atoms with Crippen LogP contribution < -0.4 is 5.73 Å². The first-order valence-electron chi connectivity index (χ1n) is 4.38. The average molecular weight is 189 g/mol. The summed E-state index contributed by atoms with van der Waals surface area (Å²) >= 11 is 0. The summed E-state index contributed by atoms with van der Waals surface area (Å²) in [5.74, 6) is -0.184. The highest BCUT2D eigenvalue weighted by molar-refractivity contribution is 5.64. The van der Waals surface area contributed by atoms with Crippen molar-refractivity contribution in [3.63, 3.8) is 0 Å². The van der Waals surface area contributed by atoms with E-state index < -0.39 is 12.2 Å².